The average molecular weight is 422 g/mol. The van der Waals surface area contributed by atoms with Gasteiger partial charge in [0.05, 0.1) is 5.01 Å². The lowest BCUT2D eigenvalue weighted by Gasteiger charge is -2.21. The molecule has 0 spiro atoms. The molecule has 2 rings (SSSR count). The summed E-state index contributed by atoms with van der Waals surface area (Å²) in [6.45, 7) is 5.04. The van der Waals surface area contributed by atoms with Crippen LogP contribution in [0.15, 0.2) is 10.4 Å². The van der Waals surface area contributed by atoms with E-state index in [4.69, 9.17) is 5.73 Å². The highest BCUT2D eigenvalue weighted by molar-refractivity contribution is 14.0. The normalized spacial score (nSPS) is 16.4. The lowest BCUT2D eigenvalue weighted by Crippen LogP contribution is -2.38. The van der Waals surface area contributed by atoms with E-state index < -0.39 is 0 Å². The number of aliphatic imine (C=N–C) groups is 1. The second-order valence-electron chi connectivity index (χ2n) is 5.48. The van der Waals surface area contributed by atoms with Gasteiger partial charge in [-0.05, 0) is 39.0 Å². The summed E-state index contributed by atoms with van der Waals surface area (Å²) in [7, 11) is 0. The quantitative estimate of drug-likeness (QED) is 0.342. The maximum absolute atomic E-state index is 6.08. The molecule has 2 heterocycles. The maximum atomic E-state index is 6.08. The van der Waals surface area contributed by atoms with E-state index in [2.05, 4.69) is 20.3 Å². The highest BCUT2D eigenvalue weighted by atomic mass is 127. The highest BCUT2D eigenvalue weighted by Crippen LogP contribution is 2.12. The van der Waals surface area contributed by atoms with Crippen LogP contribution < -0.4 is 5.73 Å². The van der Waals surface area contributed by atoms with Crippen LogP contribution in [0, 0.1) is 6.92 Å². The Morgan fingerprint density at radius 2 is 2.00 bits per heavy atom. The van der Waals surface area contributed by atoms with E-state index in [1.165, 1.54) is 30.7 Å². The number of thiazole rings is 1. The first kappa shape index (κ1) is 18.7. The van der Waals surface area contributed by atoms with Crippen LogP contribution in [0.5, 0.6) is 0 Å². The number of unbranched alkanes of at least 4 members (excludes halogenated alkanes) is 1. The molecule has 0 amide bonds. The van der Waals surface area contributed by atoms with Crippen molar-refractivity contribution in [3.8, 4) is 0 Å². The molecule has 0 radical (unpaired) electrons. The maximum Gasteiger partial charge on any atom is 0.191 e. The molecule has 1 aromatic heterocycles. The van der Waals surface area contributed by atoms with Gasteiger partial charge in [-0.1, -0.05) is 12.8 Å². The molecular formula is C15H27IN4S. The minimum Gasteiger partial charge on any atom is -0.370 e. The zero-order valence-corrected chi connectivity index (χ0v) is 16.0. The molecule has 0 bridgehead atoms. The Morgan fingerprint density at radius 1 is 1.29 bits per heavy atom. The summed E-state index contributed by atoms with van der Waals surface area (Å²) >= 11 is 1.76. The Morgan fingerprint density at radius 3 is 2.62 bits per heavy atom. The van der Waals surface area contributed by atoms with Gasteiger partial charge in [0.15, 0.2) is 5.96 Å². The van der Waals surface area contributed by atoms with Crippen molar-refractivity contribution in [2.45, 2.75) is 51.9 Å². The van der Waals surface area contributed by atoms with Gasteiger partial charge >= 0.3 is 0 Å². The van der Waals surface area contributed by atoms with E-state index in [1.807, 2.05) is 6.92 Å². The van der Waals surface area contributed by atoms with Gasteiger partial charge in [0.1, 0.15) is 0 Å². The molecule has 0 aromatic carbocycles. The lowest BCUT2D eigenvalue weighted by molar-refractivity contribution is 0.428. The van der Waals surface area contributed by atoms with Crippen molar-refractivity contribution in [1.82, 2.24) is 9.88 Å². The Hall–Kier alpha value is -0.370. The zero-order chi connectivity index (χ0) is 14.2. The molecule has 1 aromatic rings. The minimum atomic E-state index is 0. The fourth-order valence-electron chi connectivity index (χ4n) is 2.50. The van der Waals surface area contributed by atoms with Gasteiger partial charge < -0.3 is 10.6 Å². The Balaban J connectivity index is 0.00000220. The number of aryl methyl sites for hydroxylation is 2. The van der Waals surface area contributed by atoms with Crippen molar-refractivity contribution in [3.63, 3.8) is 0 Å². The summed E-state index contributed by atoms with van der Waals surface area (Å²) in [6, 6.07) is 0. The molecule has 0 aliphatic carbocycles. The van der Waals surface area contributed by atoms with Gasteiger partial charge in [-0.3, -0.25) is 4.99 Å². The molecule has 1 saturated heterocycles. The molecule has 1 fully saturated rings. The van der Waals surface area contributed by atoms with Crippen molar-refractivity contribution in [1.29, 1.82) is 0 Å². The zero-order valence-electron chi connectivity index (χ0n) is 12.9. The third kappa shape index (κ3) is 6.95. The Bertz CT molecular complexity index is 425. The van der Waals surface area contributed by atoms with Gasteiger partial charge in [-0.15, -0.1) is 35.3 Å². The number of nitrogens with two attached hydrogens (primary N) is 1. The molecule has 1 aliphatic heterocycles. The molecular weight excluding hydrogens is 395 g/mol. The number of hydrogen-bond acceptors (Lipinski definition) is 3. The SMILES string of the molecule is Cc1csc(CCCCN=C(N)N2CCCCCC2)n1.I. The first-order chi connectivity index (χ1) is 9.75. The van der Waals surface area contributed by atoms with Crippen LogP contribution in [0.1, 0.15) is 49.2 Å². The molecule has 0 atom stereocenters. The van der Waals surface area contributed by atoms with Gasteiger partial charge in [0.25, 0.3) is 0 Å². The second-order valence-corrected chi connectivity index (χ2v) is 6.42. The number of guanidine groups is 1. The fourth-order valence-corrected chi connectivity index (χ4v) is 3.32. The molecule has 4 nitrogen and oxygen atoms in total. The lowest BCUT2D eigenvalue weighted by atomic mass is 10.2. The molecule has 1 aliphatic rings. The van der Waals surface area contributed by atoms with Crippen molar-refractivity contribution in [3.05, 3.63) is 16.1 Å². The predicted molar refractivity (Wildman–Crippen MR) is 102 cm³/mol. The standard InChI is InChI=1S/C15H26N4S.HI/c1-13-12-20-14(18-13)8-4-5-9-17-15(16)19-10-6-2-3-7-11-19;/h12H,2-11H2,1H3,(H2,16,17);1H. The first-order valence-electron chi connectivity index (χ1n) is 7.71. The number of aromatic nitrogens is 1. The van der Waals surface area contributed by atoms with Crippen molar-refractivity contribution in [2.24, 2.45) is 10.7 Å². The third-order valence-corrected chi connectivity index (χ3v) is 4.70. The molecule has 0 saturated carbocycles. The minimum absolute atomic E-state index is 0. The molecule has 2 N–H and O–H groups in total. The first-order valence-corrected chi connectivity index (χ1v) is 8.59. The van der Waals surface area contributed by atoms with Crippen LogP contribution in [0.4, 0.5) is 0 Å². The predicted octanol–water partition coefficient (Wildman–Crippen LogP) is 3.58. The van der Waals surface area contributed by atoms with E-state index in [0.29, 0.717) is 0 Å². The van der Waals surface area contributed by atoms with E-state index in [0.717, 1.165) is 50.6 Å². The van der Waals surface area contributed by atoms with Crippen LogP contribution in [-0.2, 0) is 6.42 Å². The fraction of sp³-hybridized carbons (Fsp3) is 0.733. The van der Waals surface area contributed by atoms with Crippen LogP contribution in [0.3, 0.4) is 0 Å². The molecule has 21 heavy (non-hydrogen) atoms. The summed E-state index contributed by atoms with van der Waals surface area (Å²) < 4.78 is 0. The monoisotopic (exact) mass is 422 g/mol. The summed E-state index contributed by atoms with van der Waals surface area (Å²) in [5.74, 6) is 0.747. The van der Waals surface area contributed by atoms with Gasteiger partial charge in [0, 0.05) is 30.7 Å². The smallest absolute Gasteiger partial charge is 0.191 e. The second kappa shape index (κ2) is 10.4. The van der Waals surface area contributed by atoms with Crippen molar-refractivity contribution in [2.75, 3.05) is 19.6 Å². The number of nitrogens with zero attached hydrogens (tertiary/aromatic N) is 3. The Kier molecular flexibility index (Phi) is 9.23. The number of hydrogen-bond donors (Lipinski definition) is 1. The average Bonchev–Trinajstić information content (AvgIpc) is 2.69. The topological polar surface area (TPSA) is 54.5 Å². The number of halogens is 1. The number of rotatable bonds is 5. The molecule has 120 valence electrons. The summed E-state index contributed by atoms with van der Waals surface area (Å²) in [4.78, 5) is 11.3. The summed E-state index contributed by atoms with van der Waals surface area (Å²) in [5.41, 5.74) is 7.21. The van der Waals surface area contributed by atoms with Crippen LogP contribution in [0.25, 0.3) is 0 Å². The third-order valence-electron chi connectivity index (χ3n) is 3.67. The highest BCUT2D eigenvalue weighted by Gasteiger charge is 2.10. The van der Waals surface area contributed by atoms with Crippen LogP contribution in [0.2, 0.25) is 0 Å². The van der Waals surface area contributed by atoms with Crippen molar-refractivity contribution < 1.29 is 0 Å². The largest absolute Gasteiger partial charge is 0.370 e. The Labute approximate surface area is 149 Å². The molecule has 0 unspecified atom stereocenters. The van der Waals surface area contributed by atoms with Crippen LogP contribution in [-0.4, -0.2) is 35.5 Å². The van der Waals surface area contributed by atoms with Crippen LogP contribution >= 0.6 is 35.3 Å². The van der Waals surface area contributed by atoms with Gasteiger partial charge in [0.2, 0.25) is 0 Å². The van der Waals surface area contributed by atoms with E-state index in [1.54, 1.807) is 11.3 Å². The van der Waals surface area contributed by atoms with E-state index >= 15 is 0 Å². The van der Waals surface area contributed by atoms with E-state index in [-0.39, 0.29) is 24.0 Å². The van der Waals surface area contributed by atoms with Gasteiger partial charge in [-0.25, -0.2) is 4.98 Å². The van der Waals surface area contributed by atoms with Crippen molar-refractivity contribution >= 4 is 41.3 Å². The molecule has 6 heteroatoms. The van der Waals surface area contributed by atoms with Gasteiger partial charge in [-0.2, -0.15) is 0 Å². The van der Waals surface area contributed by atoms with E-state index in [9.17, 15) is 0 Å². The summed E-state index contributed by atoms with van der Waals surface area (Å²) in [5, 5.41) is 3.36. The number of likely N-dealkylation sites (tertiary alicyclic amines) is 1. The summed E-state index contributed by atoms with van der Waals surface area (Å²) in [6.07, 6.45) is 8.46.